The summed E-state index contributed by atoms with van der Waals surface area (Å²) < 4.78 is 65.6. The molecule has 0 amide bonds. The summed E-state index contributed by atoms with van der Waals surface area (Å²) in [6, 6.07) is 11.1. The molecule has 22 heavy (non-hydrogen) atoms. The van der Waals surface area contributed by atoms with Gasteiger partial charge in [-0.05, 0) is 38.1 Å². The van der Waals surface area contributed by atoms with E-state index in [1.807, 2.05) is 0 Å². The van der Waals surface area contributed by atoms with Crippen LogP contribution in [-0.2, 0) is 20.0 Å². The van der Waals surface area contributed by atoms with E-state index >= 15 is 0 Å². The van der Waals surface area contributed by atoms with Crippen LogP contribution in [0.3, 0.4) is 0 Å². The van der Waals surface area contributed by atoms with Gasteiger partial charge in [-0.15, -0.1) is 0 Å². The lowest BCUT2D eigenvalue weighted by atomic mass is 10.2. The van der Waals surface area contributed by atoms with Gasteiger partial charge in [0.15, 0.2) is 0 Å². The molecule has 0 aliphatic heterocycles. The van der Waals surface area contributed by atoms with Gasteiger partial charge in [0.2, 0.25) is 0 Å². The lowest BCUT2D eigenvalue weighted by molar-refractivity contribution is 0.526. The highest BCUT2D eigenvalue weighted by Gasteiger charge is 2.32. The average Bonchev–Trinajstić information content (AvgIpc) is 2.47. The van der Waals surface area contributed by atoms with Crippen LogP contribution < -0.4 is 0 Å². The van der Waals surface area contributed by atoms with Gasteiger partial charge < -0.3 is 0 Å². The molecule has 0 heterocycles. The molecular weight excluding hydrogens is 322 g/mol. The molecular formula is C15H17NO4S2. The predicted molar refractivity (Wildman–Crippen MR) is 84.5 cm³/mol. The molecule has 0 radical (unpaired) electrons. The van der Waals surface area contributed by atoms with Crippen LogP contribution in [0.4, 0.5) is 0 Å². The lowest BCUT2D eigenvalue weighted by Gasteiger charge is -2.17. The second kappa shape index (κ2) is 5.83. The van der Waals surface area contributed by atoms with E-state index in [4.69, 9.17) is 2.74 Å². The van der Waals surface area contributed by atoms with E-state index in [0.29, 0.717) is 0 Å². The third-order valence-electron chi connectivity index (χ3n) is 3.11. The Balaban J connectivity index is 2.60. The van der Waals surface area contributed by atoms with Crippen molar-refractivity contribution in [1.82, 2.24) is 3.71 Å². The summed E-state index contributed by atoms with van der Waals surface area (Å²) in [5.41, 5.74) is 1.60. The third kappa shape index (κ3) is 3.06. The van der Waals surface area contributed by atoms with Gasteiger partial charge in [0.1, 0.15) is 0 Å². The van der Waals surface area contributed by atoms with Gasteiger partial charge in [0, 0.05) is 9.74 Å². The van der Waals surface area contributed by atoms with E-state index in [1.165, 1.54) is 48.5 Å². The highest BCUT2D eigenvalue weighted by molar-refractivity contribution is 8.04. The van der Waals surface area contributed by atoms with E-state index in [9.17, 15) is 16.8 Å². The number of nitrogens with zero attached hydrogens (tertiary/aromatic N) is 1. The first kappa shape index (κ1) is 13.9. The zero-order valence-electron chi connectivity index (χ0n) is 14.1. The predicted octanol–water partition coefficient (Wildman–Crippen LogP) is 2.31. The maximum absolute atomic E-state index is 12.7. The van der Waals surface area contributed by atoms with Crippen LogP contribution in [-0.4, -0.2) is 27.5 Å². The fourth-order valence-electron chi connectivity index (χ4n) is 1.76. The zero-order valence-corrected chi connectivity index (χ0v) is 13.7. The van der Waals surface area contributed by atoms with E-state index in [-0.39, 0.29) is 13.5 Å². The first-order chi connectivity index (χ1) is 11.1. The van der Waals surface area contributed by atoms with E-state index in [2.05, 4.69) is 0 Å². The van der Waals surface area contributed by atoms with E-state index < -0.39 is 27.0 Å². The number of benzene rings is 2. The number of hydrogen-bond acceptors (Lipinski definition) is 4. The Kier molecular flexibility index (Phi) is 3.69. The number of hydrogen-bond donors (Lipinski definition) is 0. The minimum absolute atomic E-state index is 0.0880. The Hall–Kier alpha value is -1.70. The topological polar surface area (TPSA) is 71.5 Å². The molecule has 7 heteroatoms. The Bertz CT molecular complexity index is 847. The molecule has 0 aromatic heterocycles. The van der Waals surface area contributed by atoms with Crippen LogP contribution >= 0.6 is 0 Å². The normalized spacial score (nSPS) is 15.2. The average molecular weight is 342 g/mol. The molecule has 2 rings (SSSR count). The van der Waals surface area contributed by atoms with Gasteiger partial charge in [0.25, 0.3) is 20.0 Å². The monoisotopic (exact) mass is 342 g/mol. The first-order valence-electron chi connectivity index (χ1n) is 7.50. The zero-order chi connectivity index (χ0) is 18.1. The minimum atomic E-state index is -4.56. The Morgan fingerprint density at radius 2 is 1.14 bits per heavy atom. The minimum Gasteiger partial charge on any atom is -0.206 e. The van der Waals surface area contributed by atoms with Gasteiger partial charge in [-0.1, -0.05) is 39.1 Å². The lowest BCUT2D eigenvalue weighted by Crippen LogP contribution is -2.33. The van der Waals surface area contributed by atoms with Crippen molar-refractivity contribution in [2.45, 2.75) is 23.6 Å². The molecule has 118 valence electrons. The van der Waals surface area contributed by atoms with Gasteiger partial charge in [0.05, 0.1) is 9.79 Å². The van der Waals surface area contributed by atoms with Crippen LogP contribution in [0.5, 0.6) is 0 Å². The Morgan fingerprint density at radius 1 is 0.818 bits per heavy atom. The largest absolute Gasteiger partial charge is 0.256 e. The van der Waals surface area contributed by atoms with E-state index in [0.717, 1.165) is 11.1 Å². The van der Waals surface area contributed by atoms with Crippen LogP contribution in [0.1, 0.15) is 13.9 Å². The quantitative estimate of drug-likeness (QED) is 0.855. The highest BCUT2D eigenvalue weighted by Crippen LogP contribution is 2.23. The molecule has 0 N–H and O–H groups in total. The number of sulfonamides is 2. The van der Waals surface area contributed by atoms with Gasteiger partial charge in [-0.2, -0.15) is 0 Å². The molecule has 0 aliphatic rings. The van der Waals surface area contributed by atoms with Crippen LogP contribution in [0.15, 0.2) is 58.3 Å². The van der Waals surface area contributed by atoms with Crippen molar-refractivity contribution < 1.29 is 19.6 Å². The van der Waals surface area contributed by atoms with Crippen molar-refractivity contribution in [1.29, 1.82) is 0 Å². The van der Waals surface area contributed by atoms with Gasteiger partial charge >= 0.3 is 0 Å². The number of aryl methyl sites for hydroxylation is 2. The van der Waals surface area contributed by atoms with Crippen molar-refractivity contribution in [3.8, 4) is 0 Å². The summed E-state index contributed by atoms with van der Waals surface area (Å²) >= 11 is 0. The molecule has 0 fully saturated rings. The van der Waals surface area contributed by atoms with Crippen molar-refractivity contribution >= 4 is 20.0 Å². The Morgan fingerprint density at radius 3 is 1.41 bits per heavy atom. The maximum atomic E-state index is 12.7. The van der Waals surface area contributed by atoms with Gasteiger partial charge in [-0.3, -0.25) is 0 Å². The molecule has 0 saturated heterocycles. The van der Waals surface area contributed by atoms with Crippen molar-refractivity contribution in [2.24, 2.45) is 0 Å². The van der Waals surface area contributed by atoms with Crippen molar-refractivity contribution in [3.05, 3.63) is 59.7 Å². The molecule has 0 saturated carbocycles. The van der Waals surface area contributed by atoms with Crippen molar-refractivity contribution in [3.63, 3.8) is 0 Å². The first-order valence-corrected chi connectivity index (χ1v) is 9.22. The van der Waals surface area contributed by atoms with Gasteiger partial charge in [-0.25, -0.2) is 16.8 Å². The third-order valence-corrected chi connectivity index (χ3v) is 6.97. The number of rotatable bonds is 4. The highest BCUT2D eigenvalue weighted by atomic mass is 32.3. The molecule has 0 aliphatic carbocycles. The molecule has 1 atom stereocenters. The fourth-order valence-corrected chi connectivity index (χ4v) is 4.68. The van der Waals surface area contributed by atoms with Crippen LogP contribution in [0.2, 0.25) is 0 Å². The van der Waals surface area contributed by atoms with Crippen molar-refractivity contribution in [2.75, 3.05) is 7.00 Å². The molecule has 1 unspecified atom stereocenters. The summed E-state index contributed by atoms with van der Waals surface area (Å²) in [6.07, 6.45) is 0. The molecule has 0 bridgehead atoms. The summed E-state index contributed by atoms with van der Waals surface area (Å²) in [6.45, 7) is 1.27. The smallest absolute Gasteiger partial charge is 0.206 e. The summed E-state index contributed by atoms with van der Waals surface area (Å²) in [5.74, 6) is 0. The molecule has 0 spiro atoms. The van der Waals surface area contributed by atoms with E-state index in [1.54, 1.807) is 13.8 Å². The van der Waals surface area contributed by atoms with Crippen LogP contribution in [0.25, 0.3) is 0 Å². The summed E-state index contributed by atoms with van der Waals surface area (Å²) in [5, 5.41) is 0. The second-order valence-electron chi connectivity index (χ2n) is 4.86. The molecule has 5 nitrogen and oxygen atoms in total. The maximum Gasteiger partial charge on any atom is 0.256 e. The molecule has 2 aromatic carbocycles. The summed E-state index contributed by atoms with van der Waals surface area (Å²) in [4.78, 5) is -0.568. The Labute approximate surface area is 134 Å². The molecule has 2 aromatic rings. The SMILES string of the molecule is [2H]C([3H])N(S(=O)(=O)c1ccc(C)cc1)S(=O)(=O)c1ccc(C)cc1. The second-order valence-corrected chi connectivity index (χ2v) is 8.72. The standard InChI is InChI=1S/C15H17NO4S2/c1-12-4-8-14(9-5-12)21(17,18)16(3)22(19,20)15-10-6-13(2)7-11-15/h4-11H,1-3H3/i3TD. The summed E-state index contributed by atoms with van der Waals surface area (Å²) in [7, 11) is -9.13. The fraction of sp³-hybridized carbons (Fsp3) is 0.200. The van der Waals surface area contributed by atoms with Crippen LogP contribution in [0, 0.1) is 13.8 Å².